The lowest BCUT2D eigenvalue weighted by Crippen LogP contribution is -2.02. The second kappa shape index (κ2) is 7.65. The zero-order chi connectivity index (χ0) is 15.8. The number of esters is 1. The maximum absolute atomic E-state index is 11.7. The molecule has 4 heteroatoms. The monoisotopic (exact) mass is 293 g/mol. The summed E-state index contributed by atoms with van der Waals surface area (Å²) in [6, 6.07) is 16.4. The molecule has 0 radical (unpaired) electrons. The van der Waals surface area contributed by atoms with Gasteiger partial charge in [0.25, 0.3) is 0 Å². The highest BCUT2D eigenvalue weighted by molar-refractivity contribution is 5.87. The number of carbonyl (C=O) groups is 1. The highest BCUT2D eigenvalue weighted by atomic mass is 16.5. The van der Waals surface area contributed by atoms with Crippen LogP contribution in [-0.4, -0.2) is 13.1 Å². The van der Waals surface area contributed by atoms with Crippen LogP contribution in [0.1, 0.15) is 16.7 Å². The van der Waals surface area contributed by atoms with Crippen LogP contribution in [0.3, 0.4) is 0 Å². The molecule has 0 fully saturated rings. The smallest absolute Gasteiger partial charge is 0.331 e. The van der Waals surface area contributed by atoms with Gasteiger partial charge in [-0.15, -0.1) is 0 Å². The van der Waals surface area contributed by atoms with E-state index in [1.807, 2.05) is 24.3 Å². The van der Waals surface area contributed by atoms with E-state index in [-0.39, 0.29) is 6.61 Å². The Morgan fingerprint density at radius 3 is 2.82 bits per heavy atom. The van der Waals surface area contributed by atoms with Crippen LogP contribution >= 0.6 is 0 Å². The number of hydrogen-bond donors (Lipinski definition) is 0. The van der Waals surface area contributed by atoms with Crippen molar-refractivity contribution in [3.05, 3.63) is 71.3 Å². The number of hydrogen-bond acceptors (Lipinski definition) is 4. The topological polar surface area (TPSA) is 59.3 Å². The van der Waals surface area contributed by atoms with Gasteiger partial charge in [-0.1, -0.05) is 30.3 Å². The molecule has 0 bridgehead atoms. The largest absolute Gasteiger partial charge is 0.497 e. The summed E-state index contributed by atoms with van der Waals surface area (Å²) in [7, 11) is 1.59. The number of ether oxygens (including phenoxy) is 2. The minimum absolute atomic E-state index is 0.0744. The lowest BCUT2D eigenvalue weighted by molar-refractivity contribution is -0.138. The van der Waals surface area contributed by atoms with Crippen molar-refractivity contribution in [3.8, 4) is 11.8 Å². The molecule has 0 amide bonds. The first-order chi connectivity index (χ1) is 10.7. The number of benzene rings is 2. The Morgan fingerprint density at radius 2 is 2.05 bits per heavy atom. The molecule has 0 aromatic heterocycles. The van der Waals surface area contributed by atoms with Gasteiger partial charge in [-0.2, -0.15) is 5.26 Å². The quantitative estimate of drug-likeness (QED) is 0.626. The van der Waals surface area contributed by atoms with E-state index in [9.17, 15) is 4.79 Å². The fourth-order valence-electron chi connectivity index (χ4n) is 1.86. The number of nitriles is 1. The summed E-state index contributed by atoms with van der Waals surface area (Å²) in [5.74, 6) is 0.258. The summed E-state index contributed by atoms with van der Waals surface area (Å²) in [4.78, 5) is 11.7. The van der Waals surface area contributed by atoms with E-state index in [1.165, 1.54) is 6.08 Å². The molecule has 0 N–H and O–H groups in total. The van der Waals surface area contributed by atoms with Crippen molar-refractivity contribution in [1.29, 1.82) is 5.26 Å². The van der Waals surface area contributed by atoms with Crippen LogP contribution in [0, 0.1) is 11.3 Å². The van der Waals surface area contributed by atoms with E-state index in [1.54, 1.807) is 37.5 Å². The predicted octanol–water partition coefficient (Wildman–Crippen LogP) is 3.32. The number of nitrogens with zero attached hydrogens (tertiary/aromatic N) is 1. The first kappa shape index (κ1) is 15.3. The summed E-state index contributed by atoms with van der Waals surface area (Å²) in [6.07, 6.45) is 3.00. The average molecular weight is 293 g/mol. The Bertz CT molecular complexity index is 729. The zero-order valence-electron chi connectivity index (χ0n) is 12.2. The summed E-state index contributed by atoms with van der Waals surface area (Å²) < 4.78 is 10.3. The van der Waals surface area contributed by atoms with Gasteiger partial charge in [-0.3, -0.25) is 0 Å². The molecular formula is C18H15NO3. The van der Waals surface area contributed by atoms with E-state index in [2.05, 4.69) is 6.07 Å². The molecule has 22 heavy (non-hydrogen) atoms. The van der Waals surface area contributed by atoms with Crippen LogP contribution in [0.5, 0.6) is 5.75 Å². The Kier molecular flexibility index (Phi) is 5.33. The van der Waals surface area contributed by atoms with Crippen LogP contribution in [0.2, 0.25) is 0 Å². The van der Waals surface area contributed by atoms with Gasteiger partial charge in [0.2, 0.25) is 0 Å². The van der Waals surface area contributed by atoms with Crippen molar-refractivity contribution in [2.75, 3.05) is 7.11 Å². The highest BCUT2D eigenvalue weighted by Gasteiger charge is 2.03. The van der Waals surface area contributed by atoms with Gasteiger partial charge in [-0.05, 0) is 29.8 Å². The minimum Gasteiger partial charge on any atom is -0.497 e. The first-order valence-corrected chi connectivity index (χ1v) is 6.70. The van der Waals surface area contributed by atoms with Gasteiger partial charge < -0.3 is 9.47 Å². The Morgan fingerprint density at radius 1 is 1.23 bits per heavy atom. The first-order valence-electron chi connectivity index (χ1n) is 6.70. The summed E-state index contributed by atoms with van der Waals surface area (Å²) >= 11 is 0. The van der Waals surface area contributed by atoms with Crippen LogP contribution in [-0.2, 0) is 16.1 Å². The summed E-state index contributed by atoms with van der Waals surface area (Å²) in [5.41, 5.74) is 2.04. The van der Waals surface area contributed by atoms with Crippen LogP contribution in [0.4, 0.5) is 0 Å². The van der Waals surface area contributed by atoms with Gasteiger partial charge in [-0.25, -0.2) is 4.79 Å². The Hall–Kier alpha value is -3.06. The van der Waals surface area contributed by atoms with Crippen molar-refractivity contribution >= 4 is 12.0 Å². The maximum Gasteiger partial charge on any atom is 0.331 e. The third-order valence-corrected chi connectivity index (χ3v) is 3.01. The molecule has 4 nitrogen and oxygen atoms in total. The van der Waals surface area contributed by atoms with Crippen molar-refractivity contribution in [1.82, 2.24) is 0 Å². The van der Waals surface area contributed by atoms with Crippen molar-refractivity contribution in [2.45, 2.75) is 6.61 Å². The number of rotatable bonds is 5. The van der Waals surface area contributed by atoms with E-state index in [0.717, 1.165) is 11.3 Å². The summed E-state index contributed by atoms with van der Waals surface area (Å²) in [6.45, 7) is 0.0744. The third kappa shape index (κ3) is 4.22. The number of carbonyl (C=O) groups excluding carboxylic acids is 1. The van der Waals surface area contributed by atoms with Crippen molar-refractivity contribution in [3.63, 3.8) is 0 Å². The standard InChI is InChI=1S/C18H15NO3/c1-21-17-8-4-5-14(11-17)9-10-18(20)22-13-16-7-3-2-6-15(16)12-19/h2-11H,13H2,1H3/b10-9+. The third-order valence-electron chi connectivity index (χ3n) is 3.01. The highest BCUT2D eigenvalue weighted by Crippen LogP contribution is 2.14. The molecule has 0 unspecified atom stereocenters. The van der Waals surface area contributed by atoms with Gasteiger partial charge in [0.1, 0.15) is 12.4 Å². The molecule has 0 saturated carbocycles. The normalized spacial score (nSPS) is 10.2. The fraction of sp³-hybridized carbons (Fsp3) is 0.111. The molecule has 0 spiro atoms. The van der Waals surface area contributed by atoms with E-state index >= 15 is 0 Å². The van der Waals surface area contributed by atoms with Crippen LogP contribution in [0.15, 0.2) is 54.6 Å². The predicted molar refractivity (Wildman–Crippen MR) is 83.0 cm³/mol. The average Bonchev–Trinajstić information content (AvgIpc) is 2.58. The van der Waals surface area contributed by atoms with Gasteiger partial charge in [0.15, 0.2) is 0 Å². The molecule has 2 aromatic carbocycles. The molecule has 0 heterocycles. The molecule has 0 aliphatic rings. The fourth-order valence-corrected chi connectivity index (χ4v) is 1.86. The second-order valence-corrected chi connectivity index (χ2v) is 4.49. The van der Waals surface area contributed by atoms with Crippen LogP contribution in [0.25, 0.3) is 6.08 Å². The minimum atomic E-state index is -0.462. The molecule has 2 rings (SSSR count). The van der Waals surface area contributed by atoms with Crippen molar-refractivity contribution in [2.24, 2.45) is 0 Å². The molecular weight excluding hydrogens is 278 g/mol. The van der Waals surface area contributed by atoms with E-state index in [4.69, 9.17) is 14.7 Å². The van der Waals surface area contributed by atoms with Gasteiger partial charge in [0.05, 0.1) is 18.7 Å². The molecule has 110 valence electrons. The SMILES string of the molecule is COc1cccc(/C=C/C(=O)OCc2ccccc2C#N)c1. The molecule has 0 saturated heterocycles. The van der Waals surface area contributed by atoms with Gasteiger partial charge >= 0.3 is 5.97 Å². The van der Waals surface area contributed by atoms with E-state index in [0.29, 0.717) is 11.1 Å². The lowest BCUT2D eigenvalue weighted by atomic mass is 10.1. The Labute approximate surface area is 129 Å². The molecule has 0 aliphatic heterocycles. The number of methoxy groups -OCH3 is 1. The molecule has 0 atom stereocenters. The van der Waals surface area contributed by atoms with Crippen molar-refractivity contribution < 1.29 is 14.3 Å². The maximum atomic E-state index is 11.7. The van der Waals surface area contributed by atoms with E-state index < -0.39 is 5.97 Å². The zero-order valence-corrected chi connectivity index (χ0v) is 12.2. The molecule has 0 aliphatic carbocycles. The lowest BCUT2D eigenvalue weighted by Gasteiger charge is -2.04. The summed E-state index contributed by atoms with van der Waals surface area (Å²) in [5, 5.41) is 8.97. The second-order valence-electron chi connectivity index (χ2n) is 4.49. The Balaban J connectivity index is 1.95. The van der Waals surface area contributed by atoms with Crippen LogP contribution < -0.4 is 4.74 Å². The molecule has 2 aromatic rings. The van der Waals surface area contributed by atoms with Gasteiger partial charge in [0, 0.05) is 11.6 Å².